The third-order valence-corrected chi connectivity index (χ3v) is 4.39. The lowest BCUT2D eigenvalue weighted by Crippen LogP contribution is -2.13. The van der Waals surface area contributed by atoms with Crippen LogP contribution in [0.2, 0.25) is 0 Å². The third-order valence-electron chi connectivity index (χ3n) is 2.45. The molecule has 0 spiro atoms. The van der Waals surface area contributed by atoms with E-state index in [1.54, 1.807) is 17.1 Å². The largest absolute Gasteiger partial charge is 0.325 e. The molecule has 4 nitrogen and oxygen atoms in total. The summed E-state index contributed by atoms with van der Waals surface area (Å²) in [5.74, 6) is 0.577. The molecule has 1 aromatic heterocycles. The summed E-state index contributed by atoms with van der Waals surface area (Å²) >= 11 is 3.01. The van der Waals surface area contributed by atoms with Crippen LogP contribution >= 0.6 is 23.1 Å². The maximum atomic E-state index is 12.1. The number of thioether (sulfide) groups is 1. The smallest absolute Gasteiger partial charge is 0.275 e. The van der Waals surface area contributed by atoms with Gasteiger partial charge < -0.3 is 11.1 Å². The lowest BCUT2D eigenvalue weighted by molar-refractivity contribution is 0.102. The van der Waals surface area contributed by atoms with Crippen molar-refractivity contribution in [3.63, 3.8) is 0 Å². The Hall–Kier alpha value is -1.63. The summed E-state index contributed by atoms with van der Waals surface area (Å²) < 4.78 is 0. The van der Waals surface area contributed by atoms with Crippen LogP contribution in [-0.4, -0.2) is 16.6 Å². The number of aromatic nitrogens is 1. The van der Waals surface area contributed by atoms with Gasteiger partial charge in [-0.2, -0.15) is 0 Å². The second-order valence-corrected chi connectivity index (χ2v) is 5.89. The molecule has 0 atom stereocenters. The van der Waals surface area contributed by atoms with E-state index in [0.717, 1.165) is 21.3 Å². The summed E-state index contributed by atoms with van der Waals surface area (Å²) in [5.41, 5.74) is 6.68. The van der Waals surface area contributed by atoms with Crippen LogP contribution in [-0.2, 0) is 6.54 Å². The van der Waals surface area contributed by atoms with Gasteiger partial charge in [0.1, 0.15) is 10.7 Å². The molecular formula is C14H15N3OS2. The van der Waals surface area contributed by atoms with Crippen molar-refractivity contribution in [3.05, 3.63) is 53.0 Å². The molecule has 104 valence electrons. The average Bonchev–Trinajstić information content (AvgIpc) is 2.95. The first-order chi connectivity index (χ1) is 9.74. The van der Waals surface area contributed by atoms with Gasteiger partial charge in [0.25, 0.3) is 5.91 Å². The fourth-order valence-electron chi connectivity index (χ4n) is 1.54. The van der Waals surface area contributed by atoms with Crippen molar-refractivity contribution in [1.82, 2.24) is 4.98 Å². The van der Waals surface area contributed by atoms with Gasteiger partial charge in [-0.15, -0.1) is 29.7 Å². The molecule has 0 unspecified atom stereocenters. The highest BCUT2D eigenvalue weighted by Crippen LogP contribution is 2.27. The lowest BCUT2D eigenvalue weighted by atomic mass is 10.3. The van der Waals surface area contributed by atoms with Crippen LogP contribution in [0.3, 0.4) is 0 Å². The molecule has 1 heterocycles. The molecule has 0 aliphatic rings. The molecule has 0 aliphatic heterocycles. The molecule has 2 rings (SSSR count). The van der Waals surface area contributed by atoms with E-state index in [0.29, 0.717) is 12.2 Å². The zero-order valence-corrected chi connectivity index (χ0v) is 12.5. The van der Waals surface area contributed by atoms with Crippen molar-refractivity contribution in [2.45, 2.75) is 11.4 Å². The second-order valence-electron chi connectivity index (χ2n) is 3.88. The Kier molecular flexibility index (Phi) is 5.34. The summed E-state index contributed by atoms with van der Waals surface area (Å²) in [5, 5.41) is 5.36. The van der Waals surface area contributed by atoms with E-state index in [4.69, 9.17) is 5.73 Å². The first-order valence-corrected chi connectivity index (χ1v) is 7.89. The van der Waals surface area contributed by atoms with Crippen LogP contribution in [0, 0.1) is 0 Å². The zero-order chi connectivity index (χ0) is 14.4. The van der Waals surface area contributed by atoms with Gasteiger partial charge in [-0.1, -0.05) is 18.2 Å². The molecule has 0 fully saturated rings. The summed E-state index contributed by atoms with van der Waals surface area (Å²) in [6.45, 7) is 4.05. The van der Waals surface area contributed by atoms with Crippen LogP contribution in [0.1, 0.15) is 15.5 Å². The Bertz CT molecular complexity index is 610. The number of rotatable bonds is 6. The summed E-state index contributed by atoms with van der Waals surface area (Å²) in [7, 11) is 0. The number of benzene rings is 1. The zero-order valence-electron chi connectivity index (χ0n) is 10.8. The molecule has 0 aliphatic carbocycles. The van der Waals surface area contributed by atoms with E-state index < -0.39 is 0 Å². The van der Waals surface area contributed by atoms with Crippen molar-refractivity contribution in [1.29, 1.82) is 0 Å². The van der Waals surface area contributed by atoms with Gasteiger partial charge in [0.15, 0.2) is 0 Å². The molecule has 1 amide bonds. The molecule has 6 heteroatoms. The number of thiazole rings is 1. The maximum Gasteiger partial charge on any atom is 0.275 e. The van der Waals surface area contributed by atoms with Crippen LogP contribution in [0.5, 0.6) is 0 Å². The van der Waals surface area contributed by atoms with Gasteiger partial charge in [-0.3, -0.25) is 4.79 Å². The van der Waals surface area contributed by atoms with Gasteiger partial charge in [0.05, 0.1) is 5.69 Å². The molecule has 0 radical (unpaired) electrons. The number of anilines is 1. The minimum Gasteiger partial charge on any atom is -0.325 e. The Morgan fingerprint density at radius 2 is 2.30 bits per heavy atom. The molecule has 1 aromatic carbocycles. The first-order valence-electron chi connectivity index (χ1n) is 6.03. The minimum atomic E-state index is -0.215. The molecule has 2 aromatic rings. The number of carbonyl (C=O) groups is 1. The van der Waals surface area contributed by atoms with Gasteiger partial charge in [0.2, 0.25) is 0 Å². The number of hydrogen-bond acceptors (Lipinski definition) is 5. The summed E-state index contributed by atoms with van der Waals surface area (Å²) in [4.78, 5) is 17.3. The fourth-order valence-corrected chi connectivity index (χ4v) is 2.94. The fraction of sp³-hybridized carbons (Fsp3) is 0.143. The molecule has 0 saturated carbocycles. The SMILES string of the molecule is C=CCSc1ccccc1NC(=O)c1csc(CN)n1. The van der Waals surface area contributed by atoms with E-state index in [1.807, 2.05) is 30.3 Å². The number of amides is 1. The Morgan fingerprint density at radius 1 is 1.50 bits per heavy atom. The molecule has 20 heavy (non-hydrogen) atoms. The topological polar surface area (TPSA) is 68.0 Å². The molecule has 0 bridgehead atoms. The van der Waals surface area contributed by atoms with Crippen LogP contribution in [0.15, 0.2) is 47.2 Å². The van der Waals surface area contributed by atoms with E-state index >= 15 is 0 Å². The van der Waals surface area contributed by atoms with Crippen molar-refractivity contribution in [3.8, 4) is 0 Å². The van der Waals surface area contributed by atoms with Crippen molar-refractivity contribution in [2.75, 3.05) is 11.1 Å². The number of nitrogens with two attached hydrogens (primary N) is 1. The number of hydrogen-bond donors (Lipinski definition) is 2. The standard InChI is InChI=1S/C14H15N3OS2/c1-2-7-19-12-6-4-3-5-10(12)17-14(18)11-9-20-13(8-15)16-11/h2-6,9H,1,7-8,15H2,(H,17,18). The van der Waals surface area contributed by atoms with Crippen molar-refractivity contribution in [2.24, 2.45) is 5.73 Å². The highest BCUT2D eigenvalue weighted by atomic mass is 32.2. The van der Waals surface area contributed by atoms with Gasteiger partial charge in [-0.05, 0) is 12.1 Å². The Morgan fingerprint density at radius 3 is 3.00 bits per heavy atom. The van der Waals surface area contributed by atoms with Crippen molar-refractivity contribution < 1.29 is 4.79 Å². The Balaban J connectivity index is 2.12. The first kappa shape index (κ1) is 14.8. The normalized spacial score (nSPS) is 10.2. The van der Waals surface area contributed by atoms with Gasteiger partial charge in [0, 0.05) is 22.6 Å². The molecular weight excluding hydrogens is 290 g/mol. The monoisotopic (exact) mass is 305 g/mol. The summed E-state index contributed by atoms with van der Waals surface area (Å²) in [6, 6.07) is 7.67. The highest BCUT2D eigenvalue weighted by Gasteiger charge is 2.12. The number of para-hydroxylation sites is 1. The van der Waals surface area contributed by atoms with Crippen LogP contribution in [0.25, 0.3) is 0 Å². The van der Waals surface area contributed by atoms with E-state index in [9.17, 15) is 4.79 Å². The number of nitrogens with one attached hydrogen (secondary N) is 1. The molecule has 0 saturated heterocycles. The van der Waals surface area contributed by atoms with E-state index in [-0.39, 0.29) is 5.91 Å². The quantitative estimate of drug-likeness (QED) is 0.635. The van der Waals surface area contributed by atoms with E-state index in [2.05, 4.69) is 16.9 Å². The molecule has 3 N–H and O–H groups in total. The van der Waals surface area contributed by atoms with E-state index in [1.165, 1.54) is 11.3 Å². The number of carbonyl (C=O) groups excluding carboxylic acids is 1. The van der Waals surface area contributed by atoms with Crippen molar-refractivity contribution >= 4 is 34.7 Å². The van der Waals surface area contributed by atoms with Crippen LogP contribution < -0.4 is 11.1 Å². The minimum absolute atomic E-state index is 0.215. The predicted octanol–water partition coefficient (Wildman–Crippen LogP) is 3.13. The average molecular weight is 305 g/mol. The number of nitrogens with zero attached hydrogens (tertiary/aromatic N) is 1. The lowest BCUT2D eigenvalue weighted by Gasteiger charge is -2.08. The Labute approximate surface area is 126 Å². The van der Waals surface area contributed by atoms with Crippen LogP contribution in [0.4, 0.5) is 5.69 Å². The second kappa shape index (κ2) is 7.23. The van der Waals surface area contributed by atoms with Gasteiger partial charge in [-0.25, -0.2) is 4.98 Å². The highest BCUT2D eigenvalue weighted by molar-refractivity contribution is 7.99. The predicted molar refractivity (Wildman–Crippen MR) is 85.3 cm³/mol. The summed E-state index contributed by atoms with van der Waals surface area (Å²) in [6.07, 6.45) is 1.83. The third kappa shape index (κ3) is 3.69. The van der Waals surface area contributed by atoms with Gasteiger partial charge >= 0.3 is 0 Å². The maximum absolute atomic E-state index is 12.1.